The van der Waals surface area contributed by atoms with E-state index in [-0.39, 0.29) is 24.8 Å². The number of hydrogen-bond acceptors (Lipinski definition) is 3. The Morgan fingerprint density at radius 2 is 2.28 bits per heavy atom. The molecule has 6 heteroatoms. The summed E-state index contributed by atoms with van der Waals surface area (Å²) in [7, 11) is 1.32. The van der Waals surface area contributed by atoms with E-state index in [0.29, 0.717) is 16.8 Å². The van der Waals surface area contributed by atoms with Gasteiger partial charge in [-0.3, -0.25) is 9.59 Å². The van der Waals surface area contributed by atoms with Gasteiger partial charge in [-0.15, -0.1) is 0 Å². The molecule has 18 heavy (non-hydrogen) atoms. The molecular weight excluding hydrogens is 256 g/mol. The normalized spacial score (nSPS) is 14.3. The zero-order valence-electron chi connectivity index (χ0n) is 10.1. The summed E-state index contributed by atoms with van der Waals surface area (Å²) >= 11 is 5.91. The van der Waals surface area contributed by atoms with Crippen LogP contribution in [0.2, 0.25) is 5.02 Å². The van der Waals surface area contributed by atoms with Crippen LogP contribution in [0.3, 0.4) is 0 Å². The zero-order chi connectivity index (χ0) is 13.1. The average Bonchev–Trinajstić information content (AvgIpc) is 3.12. The van der Waals surface area contributed by atoms with Gasteiger partial charge in [-0.05, 0) is 18.9 Å². The predicted molar refractivity (Wildman–Crippen MR) is 66.7 cm³/mol. The van der Waals surface area contributed by atoms with Gasteiger partial charge in [0.2, 0.25) is 0 Å². The van der Waals surface area contributed by atoms with Gasteiger partial charge in [0.05, 0.1) is 18.6 Å². The summed E-state index contributed by atoms with van der Waals surface area (Å²) in [5.41, 5.74) is 0.548. The molecule has 0 bridgehead atoms. The molecule has 0 spiro atoms. The maximum atomic E-state index is 11.9. The van der Waals surface area contributed by atoms with E-state index in [1.165, 1.54) is 7.11 Å². The van der Waals surface area contributed by atoms with Crippen molar-refractivity contribution in [2.45, 2.75) is 25.3 Å². The number of methoxy groups -OCH3 is 1. The Kier molecular flexibility index (Phi) is 3.91. The van der Waals surface area contributed by atoms with Crippen LogP contribution in [0.4, 0.5) is 0 Å². The summed E-state index contributed by atoms with van der Waals surface area (Å²) in [4.78, 5) is 22.9. The smallest absolute Gasteiger partial charge is 0.307 e. The first-order valence-corrected chi connectivity index (χ1v) is 6.22. The van der Waals surface area contributed by atoms with Crippen molar-refractivity contribution in [1.82, 2.24) is 9.88 Å². The van der Waals surface area contributed by atoms with E-state index in [4.69, 9.17) is 11.6 Å². The van der Waals surface area contributed by atoms with Gasteiger partial charge in [-0.1, -0.05) is 11.6 Å². The molecule has 0 radical (unpaired) electrons. The van der Waals surface area contributed by atoms with Gasteiger partial charge < -0.3 is 14.6 Å². The van der Waals surface area contributed by atoms with E-state index >= 15 is 0 Å². The third-order valence-corrected chi connectivity index (χ3v) is 3.04. The number of rotatable bonds is 5. The molecule has 1 aliphatic rings. The Bertz CT molecular complexity index is 466. The highest BCUT2D eigenvalue weighted by Crippen LogP contribution is 2.37. The van der Waals surface area contributed by atoms with Crippen LogP contribution < -0.4 is 5.32 Å². The number of carbonyl (C=O) groups excluding carboxylic acids is 2. The lowest BCUT2D eigenvalue weighted by molar-refractivity contribution is -0.140. The first-order chi connectivity index (χ1) is 8.61. The van der Waals surface area contributed by atoms with Crippen LogP contribution in [0.15, 0.2) is 12.3 Å². The first-order valence-electron chi connectivity index (χ1n) is 5.84. The molecule has 1 aromatic heterocycles. The van der Waals surface area contributed by atoms with Crippen molar-refractivity contribution in [3.63, 3.8) is 0 Å². The van der Waals surface area contributed by atoms with E-state index < -0.39 is 0 Å². The highest BCUT2D eigenvalue weighted by atomic mass is 35.5. The van der Waals surface area contributed by atoms with Crippen LogP contribution in [0.25, 0.3) is 0 Å². The van der Waals surface area contributed by atoms with Crippen molar-refractivity contribution in [3.8, 4) is 0 Å². The number of hydrogen-bond donors (Lipinski definition) is 1. The molecule has 1 aromatic rings. The van der Waals surface area contributed by atoms with Gasteiger partial charge in [-0.25, -0.2) is 0 Å². The minimum Gasteiger partial charge on any atom is -0.469 e. The molecular formula is C12H15ClN2O3. The van der Waals surface area contributed by atoms with Crippen molar-refractivity contribution in [2.24, 2.45) is 0 Å². The van der Waals surface area contributed by atoms with Crippen LogP contribution in [0.1, 0.15) is 35.8 Å². The van der Waals surface area contributed by atoms with Crippen LogP contribution >= 0.6 is 11.6 Å². The van der Waals surface area contributed by atoms with Gasteiger partial charge in [0, 0.05) is 18.8 Å². The molecule has 0 atom stereocenters. The van der Waals surface area contributed by atoms with Gasteiger partial charge in [0.15, 0.2) is 0 Å². The number of nitrogens with one attached hydrogen (secondary N) is 1. The van der Waals surface area contributed by atoms with Crippen LogP contribution in [-0.2, 0) is 9.53 Å². The lowest BCUT2D eigenvalue weighted by atomic mass is 10.3. The minimum absolute atomic E-state index is 0.167. The topological polar surface area (TPSA) is 60.3 Å². The molecule has 1 heterocycles. The number of nitrogens with zero attached hydrogens (tertiary/aromatic N) is 1. The number of halogens is 1. The largest absolute Gasteiger partial charge is 0.469 e. The molecule has 98 valence electrons. The number of ether oxygens (including phenoxy) is 1. The summed E-state index contributed by atoms with van der Waals surface area (Å²) in [6.07, 6.45) is 4.09. The van der Waals surface area contributed by atoms with Crippen molar-refractivity contribution < 1.29 is 14.3 Å². The summed E-state index contributed by atoms with van der Waals surface area (Å²) < 4.78 is 6.40. The van der Waals surface area contributed by atoms with E-state index in [1.54, 1.807) is 12.3 Å². The Hall–Kier alpha value is -1.49. The molecule has 0 aromatic carbocycles. The Morgan fingerprint density at radius 3 is 2.89 bits per heavy atom. The Balaban J connectivity index is 1.94. The maximum absolute atomic E-state index is 11.9. The highest BCUT2D eigenvalue weighted by molar-refractivity contribution is 6.31. The molecule has 0 aliphatic heterocycles. The SMILES string of the molecule is COC(=O)CCNC(=O)c1cc(Cl)cn1C1CC1. The van der Waals surface area contributed by atoms with Crippen molar-refractivity contribution in [2.75, 3.05) is 13.7 Å². The fourth-order valence-corrected chi connectivity index (χ4v) is 1.96. The standard InChI is InChI=1S/C12H15ClN2O3/c1-18-11(16)4-5-14-12(17)10-6-8(13)7-15(10)9-2-3-9/h6-7,9H,2-5H2,1H3,(H,14,17). The van der Waals surface area contributed by atoms with Gasteiger partial charge in [0.1, 0.15) is 5.69 Å². The van der Waals surface area contributed by atoms with Crippen LogP contribution in [0.5, 0.6) is 0 Å². The third-order valence-electron chi connectivity index (χ3n) is 2.83. The minimum atomic E-state index is -0.342. The number of amides is 1. The zero-order valence-corrected chi connectivity index (χ0v) is 10.9. The molecule has 0 unspecified atom stereocenters. The Labute approximate surface area is 110 Å². The lowest BCUT2D eigenvalue weighted by Crippen LogP contribution is -2.28. The van der Waals surface area contributed by atoms with Crippen molar-refractivity contribution >= 4 is 23.5 Å². The maximum Gasteiger partial charge on any atom is 0.307 e. The molecule has 2 rings (SSSR count). The second kappa shape index (κ2) is 5.44. The summed E-state index contributed by atoms with van der Waals surface area (Å²) in [5.74, 6) is -0.552. The van der Waals surface area contributed by atoms with E-state index in [9.17, 15) is 9.59 Å². The first kappa shape index (κ1) is 13.0. The van der Waals surface area contributed by atoms with Crippen molar-refractivity contribution in [1.29, 1.82) is 0 Å². The van der Waals surface area contributed by atoms with E-state index in [2.05, 4.69) is 10.1 Å². The van der Waals surface area contributed by atoms with Crippen molar-refractivity contribution in [3.05, 3.63) is 23.0 Å². The molecule has 0 saturated heterocycles. The third kappa shape index (κ3) is 3.04. The Morgan fingerprint density at radius 1 is 1.56 bits per heavy atom. The number of esters is 1. The summed E-state index contributed by atoms with van der Waals surface area (Å²) in [5, 5.41) is 3.24. The second-order valence-corrected chi connectivity index (χ2v) is 4.70. The predicted octanol–water partition coefficient (Wildman–Crippen LogP) is 1.77. The second-order valence-electron chi connectivity index (χ2n) is 4.26. The lowest BCUT2D eigenvalue weighted by Gasteiger charge is -2.08. The quantitative estimate of drug-likeness (QED) is 0.830. The monoisotopic (exact) mass is 270 g/mol. The van der Waals surface area contributed by atoms with E-state index in [1.807, 2.05) is 4.57 Å². The van der Waals surface area contributed by atoms with Gasteiger partial charge in [-0.2, -0.15) is 0 Å². The molecule has 5 nitrogen and oxygen atoms in total. The fourth-order valence-electron chi connectivity index (χ4n) is 1.75. The molecule has 1 fully saturated rings. The van der Waals surface area contributed by atoms with Gasteiger partial charge >= 0.3 is 5.97 Å². The van der Waals surface area contributed by atoms with Crippen LogP contribution in [0, 0.1) is 0 Å². The van der Waals surface area contributed by atoms with Gasteiger partial charge in [0.25, 0.3) is 5.91 Å². The molecule has 1 N–H and O–H groups in total. The summed E-state index contributed by atoms with van der Waals surface area (Å²) in [6.45, 7) is 0.263. The number of aromatic nitrogens is 1. The highest BCUT2D eigenvalue weighted by Gasteiger charge is 2.27. The van der Waals surface area contributed by atoms with E-state index in [0.717, 1.165) is 12.8 Å². The summed E-state index contributed by atoms with van der Waals surface area (Å²) in [6, 6.07) is 2.03. The molecule has 1 saturated carbocycles. The number of carbonyl (C=O) groups is 2. The average molecular weight is 271 g/mol. The van der Waals surface area contributed by atoms with Crippen LogP contribution in [-0.4, -0.2) is 30.1 Å². The molecule has 1 amide bonds. The fraction of sp³-hybridized carbons (Fsp3) is 0.500. The molecule has 1 aliphatic carbocycles.